The van der Waals surface area contributed by atoms with Gasteiger partial charge in [-0.05, 0) is 70.1 Å². The normalized spacial score (nSPS) is 16.5. The number of methoxy groups -OCH3 is 1. The van der Waals surface area contributed by atoms with Crippen molar-refractivity contribution >= 4 is 57.8 Å². The van der Waals surface area contributed by atoms with Gasteiger partial charge in [-0.2, -0.15) is 0 Å². The van der Waals surface area contributed by atoms with Crippen molar-refractivity contribution in [1.82, 2.24) is 9.80 Å². The highest BCUT2D eigenvalue weighted by atomic mass is 35.5. The van der Waals surface area contributed by atoms with E-state index < -0.39 is 18.1 Å². The van der Waals surface area contributed by atoms with E-state index in [1.807, 2.05) is 41.3 Å². The first-order valence-electron chi connectivity index (χ1n) is 13.3. The second kappa shape index (κ2) is 13.5. The molecule has 6 nitrogen and oxygen atoms in total. The van der Waals surface area contributed by atoms with E-state index in [0.29, 0.717) is 22.2 Å². The largest absolute Gasteiger partial charge is 0.480 e. The summed E-state index contributed by atoms with van der Waals surface area (Å²) in [6.07, 6.45) is 1.87. The molecule has 4 heterocycles. The Bertz CT molecular complexity index is 1520. The Labute approximate surface area is 257 Å². The average molecular weight is 630 g/mol. The van der Waals surface area contributed by atoms with Crippen LogP contribution in [0.5, 0.6) is 0 Å². The predicted octanol–water partition coefficient (Wildman–Crippen LogP) is 7.26. The quantitative estimate of drug-likeness (QED) is 0.227. The summed E-state index contributed by atoms with van der Waals surface area (Å²) >= 11 is 16.0. The number of carbonyl (C=O) groups excluding carboxylic acids is 1. The second-order valence-corrected chi connectivity index (χ2v) is 12.7. The fourth-order valence-corrected chi connectivity index (χ4v) is 7.70. The third-order valence-electron chi connectivity index (χ3n) is 7.46. The fourth-order valence-electron chi connectivity index (χ4n) is 5.45. The maximum absolute atomic E-state index is 12.3. The maximum Gasteiger partial charge on any atom is 0.327 e. The highest BCUT2D eigenvalue weighted by Gasteiger charge is 2.33. The summed E-state index contributed by atoms with van der Waals surface area (Å²) < 4.78 is 5.01. The average Bonchev–Trinajstić information content (AvgIpc) is 3.64. The van der Waals surface area contributed by atoms with E-state index in [-0.39, 0.29) is 5.97 Å². The van der Waals surface area contributed by atoms with E-state index in [1.165, 1.54) is 28.0 Å². The van der Waals surface area contributed by atoms with Gasteiger partial charge < -0.3 is 9.84 Å². The summed E-state index contributed by atoms with van der Waals surface area (Å²) in [4.78, 5) is 30.9. The summed E-state index contributed by atoms with van der Waals surface area (Å²) in [5.41, 5.74) is 4.01. The molecule has 2 aromatic carbocycles. The van der Waals surface area contributed by atoms with Crippen LogP contribution in [0.2, 0.25) is 10.0 Å². The summed E-state index contributed by atoms with van der Waals surface area (Å²) in [6, 6.07) is 17.7. The van der Waals surface area contributed by atoms with Crippen molar-refractivity contribution in [1.29, 1.82) is 0 Å². The number of fused-ring (bicyclic) bond motifs is 2. The Balaban J connectivity index is 0.000000165. The number of hydrogen-bond acceptors (Lipinski definition) is 7. The van der Waals surface area contributed by atoms with Gasteiger partial charge in [0.2, 0.25) is 0 Å². The van der Waals surface area contributed by atoms with Crippen LogP contribution in [-0.4, -0.2) is 47.0 Å². The molecule has 2 aliphatic heterocycles. The molecule has 0 fully saturated rings. The number of hydrogen-bond donors (Lipinski definition) is 1. The van der Waals surface area contributed by atoms with E-state index in [2.05, 4.69) is 27.8 Å². The molecule has 0 bridgehead atoms. The first kappa shape index (κ1) is 29.8. The molecule has 0 aliphatic carbocycles. The Kier molecular flexibility index (Phi) is 9.80. The Morgan fingerprint density at radius 1 is 0.780 bits per heavy atom. The lowest BCUT2D eigenvalue weighted by molar-refractivity contribution is -0.148. The van der Waals surface area contributed by atoms with Gasteiger partial charge in [0.1, 0.15) is 12.1 Å². The molecule has 10 heteroatoms. The highest BCUT2D eigenvalue weighted by Crippen LogP contribution is 2.35. The van der Waals surface area contributed by atoms with Crippen molar-refractivity contribution in [3.63, 3.8) is 0 Å². The molecule has 1 N–H and O–H groups in total. The van der Waals surface area contributed by atoms with Crippen LogP contribution in [0, 0.1) is 0 Å². The van der Waals surface area contributed by atoms with Crippen molar-refractivity contribution in [2.75, 3.05) is 20.2 Å². The van der Waals surface area contributed by atoms with Crippen LogP contribution in [0.25, 0.3) is 0 Å². The highest BCUT2D eigenvalue weighted by molar-refractivity contribution is 7.10. The van der Waals surface area contributed by atoms with E-state index in [0.717, 1.165) is 38.0 Å². The maximum atomic E-state index is 12.3. The molecule has 2 aromatic heterocycles. The number of carbonyl (C=O) groups is 2. The minimum absolute atomic E-state index is 0.262. The SMILES string of the molecule is COC(=O)C(c1ccccc1Cl)N1CCc2sccc2C1.O=C(O)C(c1ccccc1Cl)N1CCc2sccc2C1. The molecule has 0 saturated carbocycles. The van der Waals surface area contributed by atoms with Gasteiger partial charge in [0, 0.05) is 46.0 Å². The zero-order chi connectivity index (χ0) is 28.9. The fraction of sp³-hybridized carbons (Fsp3) is 0.290. The molecule has 4 aromatic rings. The molecule has 0 saturated heterocycles. The van der Waals surface area contributed by atoms with Crippen LogP contribution >= 0.6 is 45.9 Å². The zero-order valence-electron chi connectivity index (χ0n) is 22.5. The molecular weight excluding hydrogens is 599 g/mol. The number of halogens is 2. The minimum Gasteiger partial charge on any atom is -0.480 e. The van der Waals surface area contributed by atoms with Gasteiger partial charge in [-0.25, -0.2) is 4.79 Å². The van der Waals surface area contributed by atoms with Crippen LogP contribution in [0.15, 0.2) is 71.4 Å². The van der Waals surface area contributed by atoms with Crippen LogP contribution in [0.4, 0.5) is 0 Å². The number of nitrogens with zero attached hydrogens (tertiary/aromatic N) is 2. The van der Waals surface area contributed by atoms with Gasteiger partial charge in [-0.3, -0.25) is 14.6 Å². The third kappa shape index (κ3) is 6.69. The van der Waals surface area contributed by atoms with Crippen molar-refractivity contribution in [3.8, 4) is 0 Å². The summed E-state index contributed by atoms with van der Waals surface area (Å²) in [5, 5.41) is 14.9. The molecule has 2 aliphatic rings. The van der Waals surface area contributed by atoms with E-state index in [1.54, 1.807) is 34.8 Å². The Morgan fingerprint density at radius 2 is 1.24 bits per heavy atom. The van der Waals surface area contributed by atoms with Gasteiger partial charge in [-0.1, -0.05) is 59.6 Å². The van der Waals surface area contributed by atoms with Crippen molar-refractivity contribution in [2.45, 2.75) is 38.0 Å². The summed E-state index contributed by atoms with van der Waals surface area (Å²) in [5.74, 6) is -1.11. The topological polar surface area (TPSA) is 70.1 Å². The van der Waals surface area contributed by atoms with Crippen LogP contribution < -0.4 is 0 Å². The minimum atomic E-state index is -0.850. The van der Waals surface area contributed by atoms with Crippen molar-refractivity contribution < 1.29 is 19.4 Å². The Hall–Kier alpha value is -2.72. The number of thiophene rings is 2. The lowest BCUT2D eigenvalue weighted by Gasteiger charge is -2.33. The van der Waals surface area contributed by atoms with Crippen molar-refractivity contribution in [2.24, 2.45) is 0 Å². The van der Waals surface area contributed by atoms with Crippen LogP contribution in [0.1, 0.15) is 44.1 Å². The molecule has 6 rings (SSSR count). The van der Waals surface area contributed by atoms with Gasteiger partial charge in [0.15, 0.2) is 0 Å². The first-order chi connectivity index (χ1) is 19.9. The van der Waals surface area contributed by atoms with E-state index in [9.17, 15) is 14.7 Å². The van der Waals surface area contributed by atoms with Gasteiger partial charge in [0.05, 0.1) is 7.11 Å². The number of aliphatic carboxylic acids is 1. The van der Waals surface area contributed by atoms with Gasteiger partial charge in [0.25, 0.3) is 0 Å². The lowest BCUT2D eigenvalue weighted by Crippen LogP contribution is -2.38. The molecule has 0 amide bonds. The number of esters is 1. The third-order valence-corrected chi connectivity index (χ3v) is 10.2. The van der Waals surface area contributed by atoms with Crippen LogP contribution in [-0.2, 0) is 40.3 Å². The molecule has 2 unspecified atom stereocenters. The Morgan fingerprint density at radius 3 is 1.71 bits per heavy atom. The van der Waals surface area contributed by atoms with E-state index in [4.69, 9.17) is 27.9 Å². The molecule has 0 radical (unpaired) electrons. The molecule has 214 valence electrons. The van der Waals surface area contributed by atoms with E-state index >= 15 is 0 Å². The van der Waals surface area contributed by atoms with Crippen molar-refractivity contribution in [3.05, 3.63) is 113 Å². The molecule has 2 atom stereocenters. The number of carboxylic acid groups (broad SMARTS) is 1. The smallest absolute Gasteiger partial charge is 0.327 e. The molecule has 0 spiro atoms. The summed E-state index contributed by atoms with van der Waals surface area (Å²) in [6.45, 7) is 3.00. The monoisotopic (exact) mass is 628 g/mol. The standard InChI is InChI=1S/C16H16ClNO2S.C15H14ClNO2S/c1-20-16(19)15(12-4-2-3-5-13(12)17)18-8-6-14-11(10-18)7-9-21-14;16-12-4-2-1-3-11(12)14(15(18)19)17-7-5-13-10(9-17)6-8-20-13/h2-5,7,9,15H,6,8,10H2,1H3;1-4,6,8,14H,5,7,9H2,(H,18,19). The number of benzene rings is 2. The second-order valence-electron chi connectivity index (χ2n) is 9.89. The number of rotatable bonds is 6. The molecule has 41 heavy (non-hydrogen) atoms. The van der Waals surface area contributed by atoms with Crippen LogP contribution in [0.3, 0.4) is 0 Å². The summed E-state index contributed by atoms with van der Waals surface area (Å²) in [7, 11) is 1.42. The zero-order valence-corrected chi connectivity index (χ0v) is 25.6. The number of carboxylic acids is 1. The predicted molar refractivity (Wildman–Crippen MR) is 165 cm³/mol. The molecular formula is C31H30Cl2N2O4S2. The first-order valence-corrected chi connectivity index (χ1v) is 15.8. The number of ether oxygens (including phenoxy) is 1. The van der Waals surface area contributed by atoms with Gasteiger partial charge in [-0.15, -0.1) is 22.7 Å². The van der Waals surface area contributed by atoms with Gasteiger partial charge >= 0.3 is 11.9 Å². The lowest BCUT2D eigenvalue weighted by atomic mass is 10.0.